The van der Waals surface area contributed by atoms with Crippen LogP contribution in [0.1, 0.15) is 25.7 Å². The number of nitrogens with zero attached hydrogens (tertiary/aromatic N) is 1. The fourth-order valence-electron chi connectivity index (χ4n) is 3.11. The summed E-state index contributed by atoms with van der Waals surface area (Å²) in [6.07, 6.45) is -1.73. The maximum Gasteiger partial charge on any atom is 0.573 e. The van der Waals surface area contributed by atoms with Crippen molar-refractivity contribution >= 4 is 17.5 Å². The molecule has 1 aromatic carbocycles. The molecule has 10 heteroatoms. The van der Waals surface area contributed by atoms with Crippen molar-refractivity contribution in [3.63, 3.8) is 0 Å². The first-order valence-electron chi connectivity index (χ1n) is 8.80. The third-order valence-electron chi connectivity index (χ3n) is 4.35. The van der Waals surface area contributed by atoms with Crippen molar-refractivity contribution in [1.82, 2.24) is 5.32 Å². The van der Waals surface area contributed by atoms with Gasteiger partial charge in [-0.1, -0.05) is 0 Å². The van der Waals surface area contributed by atoms with Crippen molar-refractivity contribution < 1.29 is 32.4 Å². The second kappa shape index (κ2) is 8.93. The van der Waals surface area contributed by atoms with E-state index >= 15 is 0 Å². The van der Waals surface area contributed by atoms with Gasteiger partial charge in [0.1, 0.15) is 11.3 Å². The molecular formula is C18H22F3N4O3+. The molecule has 0 saturated heterocycles. The Labute approximate surface area is 160 Å². The fraction of sp³-hybridized carbons (Fsp3) is 0.500. The highest BCUT2D eigenvalue weighted by molar-refractivity contribution is 5.91. The van der Waals surface area contributed by atoms with Crippen LogP contribution in [0.25, 0.3) is 0 Å². The van der Waals surface area contributed by atoms with Crippen LogP contribution in [0, 0.1) is 11.3 Å². The molecule has 2 amide bonds. The summed E-state index contributed by atoms with van der Waals surface area (Å²) in [4.78, 5) is 24.8. The Balaban J connectivity index is 1.79. The van der Waals surface area contributed by atoms with Crippen LogP contribution in [0.4, 0.5) is 18.9 Å². The van der Waals surface area contributed by atoms with Gasteiger partial charge in [-0.15, -0.1) is 13.2 Å². The van der Waals surface area contributed by atoms with Crippen LogP contribution in [0.3, 0.4) is 0 Å². The molecule has 28 heavy (non-hydrogen) atoms. The maximum absolute atomic E-state index is 12.1. The summed E-state index contributed by atoms with van der Waals surface area (Å²) >= 11 is 0. The van der Waals surface area contributed by atoms with E-state index in [0.29, 0.717) is 23.4 Å². The largest absolute Gasteiger partial charge is 0.573 e. The van der Waals surface area contributed by atoms with Gasteiger partial charge in [0.25, 0.3) is 11.8 Å². The predicted octanol–water partition coefficient (Wildman–Crippen LogP) is 0.991. The highest BCUT2D eigenvalue weighted by atomic mass is 19.4. The molecule has 1 unspecified atom stereocenters. The van der Waals surface area contributed by atoms with Crippen LogP contribution < -0.4 is 20.3 Å². The van der Waals surface area contributed by atoms with E-state index in [1.165, 1.54) is 12.1 Å². The topological polar surface area (TPSA) is 95.7 Å². The van der Waals surface area contributed by atoms with E-state index in [-0.39, 0.29) is 24.7 Å². The zero-order valence-electron chi connectivity index (χ0n) is 15.4. The number of rotatable bonds is 7. The number of amides is 2. The molecule has 0 heterocycles. The molecule has 0 bridgehead atoms. The van der Waals surface area contributed by atoms with Gasteiger partial charge in [0, 0.05) is 5.69 Å². The summed E-state index contributed by atoms with van der Waals surface area (Å²) in [7, 11) is 1.66. The number of benzene rings is 1. The van der Waals surface area contributed by atoms with Crippen molar-refractivity contribution in [3.8, 4) is 11.8 Å². The van der Waals surface area contributed by atoms with Gasteiger partial charge in [0.05, 0.1) is 13.1 Å². The molecule has 7 nitrogen and oxygen atoms in total. The van der Waals surface area contributed by atoms with E-state index in [9.17, 15) is 28.0 Å². The van der Waals surface area contributed by atoms with Gasteiger partial charge < -0.3 is 20.3 Å². The molecule has 1 atom stereocenters. The molecule has 1 aromatic rings. The van der Waals surface area contributed by atoms with Gasteiger partial charge in [0.2, 0.25) is 0 Å². The monoisotopic (exact) mass is 399 g/mol. The summed E-state index contributed by atoms with van der Waals surface area (Å²) in [6.45, 7) is 0.00296. The minimum absolute atomic E-state index is 0.0201. The molecule has 0 aliphatic heterocycles. The Kier molecular flexibility index (Phi) is 6.85. The number of alkyl halides is 3. The lowest BCUT2D eigenvalue weighted by molar-refractivity contribution is -0.862. The smallest absolute Gasteiger partial charge is 0.406 e. The molecule has 1 aliphatic carbocycles. The lowest BCUT2D eigenvalue weighted by Gasteiger charge is -2.22. The highest BCUT2D eigenvalue weighted by Crippen LogP contribution is 2.28. The van der Waals surface area contributed by atoms with Crippen LogP contribution in [-0.2, 0) is 9.59 Å². The number of nitriles is 1. The number of ether oxygens (including phenoxy) is 1. The van der Waals surface area contributed by atoms with E-state index in [0.717, 1.165) is 25.0 Å². The number of hydrogen-bond donors (Lipinski definition) is 3. The normalized spacial score (nSPS) is 16.7. The quantitative estimate of drug-likeness (QED) is 0.637. The maximum atomic E-state index is 12.1. The number of carbonyl (C=O) groups is 2. The zero-order chi connectivity index (χ0) is 20.8. The number of likely N-dealkylation sites (N-methyl/N-ethyl adjacent to an activating group) is 1. The van der Waals surface area contributed by atoms with Crippen LogP contribution >= 0.6 is 0 Å². The van der Waals surface area contributed by atoms with Crippen molar-refractivity contribution in [2.75, 3.05) is 25.5 Å². The van der Waals surface area contributed by atoms with E-state index < -0.39 is 17.8 Å². The number of carbonyl (C=O) groups excluding carboxylic acids is 2. The Morgan fingerprint density at radius 3 is 2.29 bits per heavy atom. The van der Waals surface area contributed by atoms with Crippen molar-refractivity contribution in [2.45, 2.75) is 37.6 Å². The number of anilines is 1. The van der Waals surface area contributed by atoms with E-state index in [4.69, 9.17) is 0 Å². The Bertz CT molecular complexity index is 738. The minimum Gasteiger partial charge on any atom is -0.406 e. The van der Waals surface area contributed by atoms with Crippen LogP contribution in [0.5, 0.6) is 5.75 Å². The van der Waals surface area contributed by atoms with Crippen molar-refractivity contribution in [2.24, 2.45) is 0 Å². The Morgan fingerprint density at radius 2 is 1.75 bits per heavy atom. The fourth-order valence-corrected chi connectivity index (χ4v) is 3.11. The van der Waals surface area contributed by atoms with Crippen LogP contribution in [-0.4, -0.2) is 43.9 Å². The Hall–Kier alpha value is -2.80. The lowest BCUT2D eigenvalue weighted by Crippen LogP contribution is -3.11. The summed E-state index contributed by atoms with van der Waals surface area (Å²) in [6, 6.07) is 6.94. The molecule has 0 aromatic heterocycles. The third kappa shape index (κ3) is 6.74. The van der Waals surface area contributed by atoms with Crippen molar-refractivity contribution in [3.05, 3.63) is 24.3 Å². The number of hydrogen-bond acceptors (Lipinski definition) is 4. The van der Waals surface area contributed by atoms with E-state index in [1.807, 2.05) is 0 Å². The predicted molar refractivity (Wildman–Crippen MR) is 93.3 cm³/mol. The molecule has 0 radical (unpaired) electrons. The van der Waals surface area contributed by atoms with E-state index in [2.05, 4.69) is 21.4 Å². The molecule has 3 N–H and O–H groups in total. The summed E-state index contributed by atoms with van der Waals surface area (Å²) < 4.78 is 40.1. The molecule has 2 rings (SSSR count). The van der Waals surface area contributed by atoms with Gasteiger partial charge >= 0.3 is 6.36 Å². The summed E-state index contributed by atoms with van der Waals surface area (Å²) in [5.41, 5.74) is -0.494. The molecule has 1 saturated carbocycles. The van der Waals surface area contributed by atoms with Gasteiger partial charge in [-0.25, -0.2) is 0 Å². The van der Waals surface area contributed by atoms with E-state index in [1.54, 1.807) is 7.05 Å². The number of quaternary nitrogens is 1. The summed E-state index contributed by atoms with van der Waals surface area (Å²) in [5.74, 6) is -1.09. The molecular weight excluding hydrogens is 377 g/mol. The lowest BCUT2D eigenvalue weighted by atomic mass is 10.00. The first-order chi connectivity index (χ1) is 13.1. The Morgan fingerprint density at radius 1 is 1.18 bits per heavy atom. The average molecular weight is 399 g/mol. The molecule has 152 valence electrons. The van der Waals surface area contributed by atoms with Gasteiger partial charge in [0.15, 0.2) is 13.1 Å². The molecule has 0 spiro atoms. The third-order valence-corrected chi connectivity index (χ3v) is 4.35. The number of nitrogens with one attached hydrogen (secondary N) is 3. The SMILES string of the molecule is C[NH+](CC(=O)Nc1ccc(OC(F)(F)F)cc1)CC(=O)NC1(C#N)CCCC1. The van der Waals surface area contributed by atoms with Gasteiger partial charge in [-0.2, -0.15) is 5.26 Å². The van der Waals surface area contributed by atoms with Crippen molar-refractivity contribution in [1.29, 1.82) is 5.26 Å². The van der Waals surface area contributed by atoms with Crippen LogP contribution in [0.15, 0.2) is 24.3 Å². The highest BCUT2D eigenvalue weighted by Gasteiger charge is 2.36. The molecule has 1 fully saturated rings. The van der Waals surface area contributed by atoms with Crippen LogP contribution in [0.2, 0.25) is 0 Å². The second-order valence-electron chi connectivity index (χ2n) is 6.88. The zero-order valence-corrected chi connectivity index (χ0v) is 15.4. The van der Waals surface area contributed by atoms with Gasteiger partial charge in [-0.05, 0) is 49.9 Å². The first-order valence-corrected chi connectivity index (χ1v) is 8.80. The second-order valence-corrected chi connectivity index (χ2v) is 6.88. The standard InChI is InChI=1S/C18H21F3N4O3/c1-25(11-16(27)24-17(12-22)8-2-3-9-17)10-15(26)23-13-4-6-14(7-5-13)28-18(19,20)21/h4-7H,2-3,8-11H2,1H3,(H,23,26)(H,24,27)/p+1. The summed E-state index contributed by atoms with van der Waals surface area (Å²) in [5, 5.41) is 14.6. The van der Waals surface area contributed by atoms with Gasteiger partial charge in [-0.3, -0.25) is 9.59 Å². The number of halogens is 3. The average Bonchev–Trinajstić information content (AvgIpc) is 3.03. The minimum atomic E-state index is -4.78. The first kappa shape index (κ1) is 21.5. The molecule has 1 aliphatic rings.